The molecule has 7 nitrogen and oxygen atoms in total. The summed E-state index contributed by atoms with van der Waals surface area (Å²) in [6.07, 6.45) is 1.63. The summed E-state index contributed by atoms with van der Waals surface area (Å²) < 4.78 is 31.5. The van der Waals surface area contributed by atoms with E-state index >= 15 is 0 Å². The Morgan fingerprint density at radius 3 is 2.31 bits per heavy atom. The van der Waals surface area contributed by atoms with E-state index in [-0.39, 0.29) is 10.8 Å². The number of sulfonamides is 1. The zero-order valence-corrected chi connectivity index (χ0v) is 17.8. The molecule has 1 aliphatic heterocycles. The number of amides is 2. The second-order valence-corrected chi connectivity index (χ2v) is 8.77. The number of ether oxygens (including phenoxy) is 1. The topological polar surface area (TPSA) is 102 Å². The summed E-state index contributed by atoms with van der Waals surface area (Å²) in [6, 6.07) is 23.1. The lowest BCUT2D eigenvalue weighted by molar-refractivity contribution is -0.114. The first-order valence-corrected chi connectivity index (χ1v) is 11.4. The lowest BCUT2D eigenvalue weighted by Gasteiger charge is -2.09. The van der Waals surface area contributed by atoms with Gasteiger partial charge in [0.1, 0.15) is 16.4 Å². The average molecular weight is 449 g/mol. The molecule has 4 rings (SSSR count). The molecule has 0 atom stereocenters. The van der Waals surface area contributed by atoms with E-state index in [4.69, 9.17) is 4.74 Å². The molecule has 0 saturated heterocycles. The summed E-state index contributed by atoms with van der Waals surface area (Å²) in [4.78, 5) is 23.8. The molecule has 2 N–H and O–H groups in total. The van der Waals surface area contributed by atoms with Crippen LogP contribution in [0.1, 0.15) is 21.5 Å². The van der Waals surface area contributed by atoms with Gasteiger partial charge in [0.25, 0.3) is 21.8 Å². The Morgan fingerprint density at radius 2 is 1.62 bits per heavy atom. The molecule has 2 amide bonds. The molecule has 0 saturated carbocycles. The average Bonchev–Trinajstić information content (AvgIpc) is 3.07. The van der Waals surface area contributed by atoms with Crippen LogP contribution in [-0.4, -0.2) is 26.8 Å². The molecule has 0 fully saturated rings. The zero-order chi connectivity index (χ0) is 22.6. The Bertz CT molecular complexity index is 1280. The lowest BCUT2D eigenvalue weighted by Crippen LogP contribution is -2.25. The third-order valence-electron chi connectivity index (χ3n) is 4.80. The summed E-state index contributed by atoms with van der Waals surface area (Å²) in [5.41, 5.74) is 1.85. The second-order valence-electron chi connectivity index (χ2n) is 7.12. The van der Waals surface area contributed by atoms with Crippen molar-refractivity contribution in [2.45, 2.75) is 6.42 Å². The van der Waals surface area contributed by atoms with Crippen LogP contribution in [0.3, 0.4) is 0 Å². The predicted molar refractivity (Wildman–Crippen MR) is 120 cm³/mol. The van der Waals surface area contributed by atoms with Crippen molar-refractivity contribution in [1.82, 2.24) is 10.0 Å². The van der Waals surface area contributed by atoms with E-state index in [2.05, 4.69) is 5.32 Å². The molecule has 0 aromatic heterocycles. The van der Waals surface area contributed by atoms with Gasteiger partial charge in [-0.15, -0.1) is 0 Å². The minimum atomic E-state index is -3.79. The van der Waals surface area contributed by atoms with Crippen LogP contribution >= 0.6 is 0 Å². The fourth-order valence-corrected chi connectivity index (χ4v) is 4.38. The number of nitrogens with one attached hydrogen (secondary N) is 2. The van der Waals surface area contributed by atoms with Crippen molar-refractivity contribution in [2.75, 3.05) is 6.54 Å². The van der Waals surface area contributed by atoms with Crippen molar-refractivity contribution in [3.8, 4) is 11.5 Å². The van der Waals surface area contributed by atoms with Crippen molar-refractivity contribution in [3.63, 3.8) is 0 Å². The first kappa shape index (κ1) is 21.3. The van der Waals surface area contributed by atoms with E-state index < -0.39 is 15.9 Å². The Hall–Kier alpha value is -3.91. The van der Waals surface area contributed by atoms with Crippen LogP contribution in [0.2, 0.25) is 0 Å². The normalized spacial score (nSPS) is 14.4. The van der Waals surface area contributed by atoms with Gasteiger partial charge in [0, 0.05) is 18.2 Å². The SMILES string of the molecule is O=C1C=C(c2ccc(CCNC(=O)c3cccc(Oc4ccccc4)c3)cc2)S(=O)(=O)N1. The van der Waals surface area contributed by atoms with Crippen molar-refractivity contribution in [3.05, 3.63) is 102 Å². The van der Waals surface area contributed by atoms with E-state index in [0.717, 1.165) is 11.6 Å². The molecule has 1 heterocycles. The van der Waals surface area contributed by atoms with Crippen LogP contribution in [-0.2, 0) is 21.2 Å². The van der Waals surface area contributed by atoms with Gasteiger partial charge in [-0.2, -0.15) is 0 Å². The van der Waals surface area contributed by atoms with Gasteiger partial charge in [-0.1, -0.05) is 48.5 Å². The molecule has 0 unspecified atom stereocenters. The van der Waals surface area contributed by atoms with Crippen LogP contribution < -0.4 is 14.8 Å². The molecule has 3 aromatic rings. The third-order valence-corrected chi connectivity index (χ3v) is 6.20. The van der Waals surface area contributed by atoms with Gasteiger partial charge in [0.2, 0.25) is 0 Å². The summed E-state index contributed by atoms with van der Waals surface area (Å²) in [5, 5.41) is 2.87. The van der Waals surface area contributed by atoms with Gasteiger partial charge >= 0.3 is 0 Å². The number of para-hydroxylation sites is 1. The highest BCUT2D eigenvalue weighted by Crippen LogP contribution is 2.24. The molecule has 32 heavy (non-hydrogen) atoms. The Kier molecular flexibility index (Phi) is 6.04. The maximum atomic E-state index is 12.5. The van der Waals surface area contributed by atoms with Crippen LogP contribution in [0.4, 0.5) is 0 Å². The highest BCUT2D eigenvalue weighted by atomic mass is 32.2. The molecule has 8 heteroatoms. The Balaban J connectivity index is 1.33. The standard InChI is InChI=1S/C24H20N2O5S/c27-23-16-22(32(29,30)26-23)18-11-9-17(10-12-18)13-14-25-24(28)19-5-4-8-21(15-19)31-20-6-2-1-3-7-20/h1-12,15-16H,13-14H2,(H,25,28)(H,26,27). The number of benzene rings is 3. The molecule has 0 spiro atoms. The van der Waals surface area contributed by atoms with Crippen molar-refractivity contribution in [2.24, 2.45) is 0 Å². The fourth-order valence-electron chi connectivity index (χ4n) is 3.24. The van der Waals surface area contributed by atoms with Gasteiger partial charge in [-0.25, -0.2) is 13.1 Å². The summed E-state index contributed by atoms with van der Waals surface area (Å²) in [5.74, 6) is 0.398. The number of rotatable bonds is 7. The van der Waals surface area contributed by atoms with E-state index in [1.807, 2.05) is 35.1 Å². The van der Waals surface area contributed by atoms with Gasteiger partial charge < -0.3 is 10.1 Å². The largest absolute Gasteiger partial charge is 0.457 e. The monoisotopic (exact) mass is 448 g/mol. The Labute approximate surface area is 185 Å². The maximum Gasteiger partial charge on any atom is 0.265 e. The zero-order valence-electron chi connectivity index (χ0n) is 16.9. The number of carbonyl (C=O) groups is 2. The van der Waals surface area contributed by atoms with E-state index in [1.165, 1.54) is 0 Å². The highest BCUT2D eigenvalue weighted by molar-refractivity contribution is 7.99. The molecular weight excluding hydrogens is 428 g/mol. The van der Waals surface area contributed by atoms with Crippen molar-refractivity contribution < 1.29 is 22.7 Å². The van der Waals surface area contributed by atoms with Gasteiger partial charge in [0.15, 0.2) is 0 Å². The number of hydrogen-bond donors (Lipinski definition) is 2. The smallest absolute Gasteiger partial charge is 0.265 e. The Morgan fingerprint density at radius 1 is 0.906 bits per heavy atom. The number of carbonyl (C=O) groups excluding carboxylic acids is 2. The van der Waals surface area contributed by atoms with Crippen LogP contribution in [0, 0.1) is 0 Å². The summed E-state index contributed by atoms with van der Waals surface area (Å²) >= 11 is 0. The quantitative estimate of drug-likeness (QED) is 0.578. The fraction of sp³-hybridized carbons (Fsp3) is 0.0833. The van der Waals surface area contributed by atoms with E-state index in [9.17, 15) is 18.0 Å². The van der Waals surface area contributed by atoms with Gasteiger partial charge in [-0.05, 0) is 47.9 Å². The van der Waals surface area contributed by atoms with E-state index in [0.29, 0.717) is 35.6 Å². The minimum Gasteiger partial charge on any atom is -0.457 e. The first-order chi connectivity index (χ1) is 15.4. The van der Waals surface area contributed by atoms with Crippen LogP contribution in [0.5, 0.6) is 11.5 Å². The third kappa shape index (κ3) is 5.04. The van der Waals surface area contributed by atoms with Crippen molar-refractivity contribution in [1.29, 1.82) is 0 Å². The predicted octanol–water partition coefficient (Wildman–Crippen LogP) is 3.25. The minimum absolute atomic E-state index is 0.0417. The molecule has 1 aliphatic rings. The molecule has 3 aromatic carbocycles. The maximum absolute atomic E-state index is 12.5. The summed E-state index contributed by atoms with van der Waals surface area (Å²) in [6.45, 7) is 0.406. The van der Waals surface area contributed by atoms with Crippen LogP contribution in [0.15, 0.2) is 84.9 Å². The lowest BCUT2D eigenvalue weighted by atomic mass is 10.1. The first-order valence-electron chi connectivity index (χ1n) is 9.90. The molecule has 0 radical (unpaired) electrons. The second kappa shape index (κ2) is 9.07. The molecule has 162 valence electrons. The van der Waals surface area contributed by atoms with E-state index in [1.54, 1.807) is 48.5 Å². The number of hydrogen-bond acceptors (Lipinski definition) is 5. The molecule has 0 bridgehead atoms. The van der Waals surface area contributed by atoms with Gasteiger partial charge in [0.05, 0.1) is 0 Å². The van der Waals surface area contributed by atoms with Crippen LogP contribution in [0.25, 0.3) is 4.91 Å². The summed E-state index contributed by atoms with van der Waals surface area (Å²) in [7, 11) is -3.79. The van der Waals surface area contributed by atoms with Crippen molar-refractivity contribution >= 4 is 26.7 Å². The molecular formula is C24H20N2O5S. The highest BCUT2D eigenvalue weighted by Gasteiger charge is 2.28. The van der Waals surface area contributed by atoms with Gasteiger partial charge in [-0.3, -0.25) is 9.59 Å². The molecule has 0 aliphatic carbocycles.